The second-order valence-corrected chi connectivity index (χ2v) is 2.36. The third kappa shape index (κ3) is 1.59. The van der Waals surface area contributed by atoms with E-state index in [4.69, 9.17) is 5.26 Å². The summed E-state index contributed by atoms with van der Waals surface area (Å²) in [4.78, 5) is 0. The molecule has 1 unspecified atom stereocenters. The zero-order chi connectivity index (χ0) is 9.14. The van der Waals surface area contributed by atoms with Crippen molar-refractivity contribution >= 4 is 0 Å². The molecule has 12 heavy (non-hydrogen) atoms. The van der Waals surface area contributed by atoms with Crippen LogP contribution in [0.15, 0.2) is 18.2 Å². The van der Waals surface area contributed by atoms with Crippen molar-refractivity contribution in [3.8, 4) is 6.07 Å². The molecule has 0 bridgehead atoms. The molecule has 0 amide bonds. The maximum Gasteiger partial charge on any atom is 0.159 e. The van der Waals surface area contributed by atoms with Crippen LogP contribution in [0, 0.1) is 29.9 Å². The molecule has 1 radical (unpaired) electrons. The molecule has 0 fully saturated rings. The van der Waals surface area contributed by atoms with Crippen molar-refractivity contribution in [3.05, 3.63) is 42.3 Å². The summed E-state index contributed by atoms with van der Waals surface area (Å²) in [6.45, 7) is 3.45. The molecule has 1 rings (SSSR count). The molecule has 0 heterocycles. The van der Waals surface area contributed by atoms with E-state index < -0.39 is 17.6 Å². The van der Waals surface area contributed by atoms with E-state index in [2.05, 4.69) is 6.92 Å². The lowest BCUT2D eigenvalue weighted by atomic mass is 10.0. The number of hydrogen-bond acceptors (Lipinski definition) is 1. The van der Waals surface area contributed by atoms with Gasteiger partial charge >= 0.3 is 0 Å². The maximum atomic E-state index is 12.6. The van der Waals surface area contributed by atoms with Crippen LogP contribution < -0.4 is 0 Å². The van der Waals surface area contributed by atoms with E-state index in [1.807, 2.05) is 6.07 Å². The first kappa shape index (κ1) is 8.66. The first-order valence-electron chi connectivity index (χ1n) is 3.33. The average molecular weight is 166 g/mol. The molecule has 0 saturated heterocycles. The van der Waals surface area contributed by atoms with Gasteiger partial charge in [-0.15, -0.1) is 0 Å². The summed E-state index contributed by atoms with van der Waals surface area (Å²) < 4.78 is 25.0. The van der Waals surface area contributed by atoms with Gasteiger partial charge in [-0.1, -0.05) is 6.07 Å². The van der Waals surface area contributed by atoms with Gasteiger partial charge in [-0.3, -0.25) is 0 Å². The first-order valence-corrected chi connectivity index (χ1v) is 3.33. The zero-order valence-corrected chi connectivity index (χ0v) is 6.22. The quantitative estimate of drug-likeness (QED) is 0.628. The molecular formula is C9H6F2N. The van der Waals surface area contributed by atoms with Crippen LogP contribution in [0.5, 0.6) is 0 Å². The van der Waals surface area contributed by atoms with Gasteiger partial charge < -0.3 is 0 Å². The van der Waals surface area contributed by atoms with E-state index in [9.17, 15) is 8.78 Å². The largest absolute Gasteiger partial charge is 0.204 e. The van der Waals surface area contributed by atoms with Crippen molar-refractivity contribution in [2.24, 2.45) is 0 Å². The van der Waals surface area contributed by atoms with E-state index in [0.717, 1.165) is 12.1 Å². The Morgan fingerprint density at radius 2 is 2.00 bits per heavy atom. The Bertz CT molecular complexity index is 328. The molecule has 1 aromatic carbocycles. The van der Waals surface area contributed by atoms with Gasteiger partial charge in [-0.2, -0.15) is 5.26 Å². The van der Waals surface area contributed by atoms with Crippen molar-refractivity contribution in [2.45, 2.75) is 5.92 Å². The van der Waals surface area contributed by atoms with Crippen LogP contribution in [0.2, 0.25) is 0 Å². The molecule has 0 aromatic heterocycles. The third-order valence-corrected chi connectivity index (χ3v) is 1.50. The molecule has 0 aliphatic heterocycles. The van der Waals surface area contributed by atoms with Crippen LogP contribution >= 0.6 is 0 Å². The molecule has 3 heteroatoms. The molecule has 0 N–H and O–H groups in total. The fourth-order valence-electron chi connectivity index (χ4n) is 0.804. The summed E-state index contributed by atoms with van der Waals surface area (Å²) in [5.74, 6) is -2.51. The van der Waals surface area contributed by atoms with E-state index in [1.165, 1.54) is 6.07 Å². The predicted molar refractivity (Wildman–Crippen MR) is 40.1 cm³/mol. The Morgan fingerprint density at radius 1 is 1.33 bits per heavy atom. The highest BCUT2D eigenvalue weighted by molar-refractivity contribution is 5.27. The summed E-state index contributed by atoms with van der Waals surface area (Å²) in [5.41, 5.74) is 0.386. The Balaban J connectivity index is 3.06. The van der Waals surface area contributed by atoms with Crippen LogP contribution in [-0.4, -0.2) is 0 Å². The molecular weight excluding hydrogens is 160 g/mol. The lowest BCUT2D eigenvalue weighted by molar-refractivity contribution is 0.507. The minimum absolute atomic E-state index is 0.386. The van der Waals surface area contributed by atoms with Gasteiger partial charge in [0.25, 0.3) is 0 Å². The topological polar surface area (TPSA) is 23.8 Å². The number of nitrogens with zero attached hydrogens (tertiary/aromatic N) is 1. The van der Waals surface area contributed by atoms with Gasteiger partial charge in [-0.05, 0) is 24.6 Å². The first-order chi connectivity index (χ1) is 5.65. The van der Waals surface area contributed by atoms with Gasteiger partial charge in [0.1, 0.15) is 0 Å². The summed E-state index contributed by atoms with van der Waals surface area (Å²) in [7, 11) is 0. The number of rotatable bonds is 1. The fourth-order valence-corrected chi connectivity index (χ4v) is 0.804. The second kappa shape index (κ2) is 3.31. The van der Waals surface area contributed by atoms with Crippen LogP contribution in [0.3, 0.4) is 0 Å². The lowest BCUT2D eigenvalue weighted by Crippen LogP contribution is -1.92. The Labute approximate surface area is 69.2 Å². The summed E-state index contributed by atoms with van der Waals surface area (Å²) in [6.07, 6.45) is 0. The average Bonchev–Trinajstić information content (AvgIpc) is 2.08. The molecule has 0 aliphatic rings. The molecule has 61 valence electrons. The molecule has 0 saturated carbocycles. The summed E-state index contributed by atoms with van der Waals surface area (Å²) >= 11 is 0. The zero-order valence-electron chi connectivity index (χ0n) is 6.22. The van der Waals surface area contributed by atoms with Crippen molar-refractivity contribution in [1.82, 2.24) is 0 Å². The van der Waals surface area contributed by atoms with E-state index in [-0.39, 0.29) is 0 Å². The second-order valence-electron chi connectivity index (χ2n) is 2.36. The monoisotopic (exact) mass is 166 g/mol. The summed E-state index contributed by atoms with van der Waals surface area (Å²) in [6, 6.07) is 5.14. The molecule has 1 atom stereocenters. The van der Waals surface area contributed by atoms with Crippen LogP contribution in [0.25, 0.3) is 0 Å². The van der Waals surface area contributed by atoms with E-state index in [0.29, 0.717) is 5.56 Å². The van der Waals surface area contributed by atoms with Gasteiger partial charge in [0.15, 0.2) is 11.6 Å². The van der Waals surface area contributed by atoms with Gasteiger partial charge in [0.2, 0.25) is 0 Å². The van der Waals surface area contributed by atoms with Crippen LogP contribution in [-0.2, 0) is 0 Å². The Hall–Kier alpha value is -1.43. The fraction of sp³-hybridized carbons (Fsp3) is 0.111. The van der Waals surface area contributed by atoms with Crippen LogP contribution in [0.1, 0.15) is 11.5 Å². The van der Waals surface area contributed by atoms with E-state index >= 15 is 0 Å². The highest BCUT2D eigenvalue weighted by Crippen LogP contribution is 2.16. The summed E-state index contributed by atoms with van der Waals surface area (Å²) in [5, 5.41) is 8.42. The molecule has 1 aromatic rings. The number of nitriles is 1. The van der Waals surface area contributed by atoms with Crippen molar-refractivity contribution < 1.29 is 8.78 Å². The van der Waals surface area contributed by atoms with Crippen molar-refractivity contribution in [3.63, 3.8) is 0 Å². The van der Waals surface area contributed by atoms with Gasteiger partial charge in [0, 0.05) is 0 Å². The lowest BCUT2D eigenvalue weighted by Gasteiger charge is -2.01. The van der Waals surface area contributed by atoms with Crippen molar-refractivity contribution in [1.29, 1.82) is 5.26 Å². The SMILES string of the molecule is [CH2]C(C#N)c1ccc(F)c(F)c1. The maximum absolute atomic E-state index is 12.6. The highest BCUT2D eigenvalue weighted by Gasteiger charge is 2.07. The molecule has 1 nitrogen and oxygen atoms in total. The third-order valence-electron chi connectivity index (χ3n) is 1.50. The highest BCUT2D eigenvalue weighted by atomic mass is 19.2. The van der Waals surface area contributed by atoms with Crippen LogP contribution in [0.4, 0.5) is 8.78 Å². The predicted octanol–water partition coefficient (Wildman–Crippen LogP) is 2.41. The number of benzene rings is 1. The van der Waals surface area contributed by atoms with Crippen molar-refractivity contribution in [2.75, 3.05) is 0 Å². The normalized spacial score (nSPS) is 12.2. The van der Waals surface area contributed by atoms with Gasteiger partial charge in [-0.25, -0.2) is 8.78 Å². The van der Waals surface area contributed by atoms with E-state index in [1.54, 1.807) is 0 Å². The standard InChI is InChI=1S/C9H6F2N/c1-6(5-12)7-2-3-8(10)9(11)4-7/h2-4,6H,1H2. The molecule has 0 aliphatic carbocycles. The smallest absolute Gasteiger partial charge is 0.159 e. The van der Waals surface area contributed by atoms with Gasteiger partial charge in [0.05, 0.1) is 12.0 Å². The molecule has 0 spiro atoms. The number of halogens is 2. The minimum atomic E-state index is -0.948. The minimum Gasteiger partial charge on any atom is -0.204 e. The number of hydrogen-bond donors (Lipinski definition) is 0. The Morgan fingerprint density at radius 3 is 2.50 bits per heavy atom. The Kier molecular flexibility index (Phi) is 2.39.